The zero-order valence-corrected chi connectivity index (χ0v) is 15.5. The molecule has 0 rings (SSSR count). The third-order valence-corrected chi connectivity index (χ3v) is 5.36. The van der Waals surface area contributed by atoms with Gasteiger partial charge in [-0.15, -0.1) is 0 Å². The lowest BCUT2D eigenvalue weighted by Crippen LogP contribution is -2.20. The first-order valence-corrected chi connectivity index (χ1v) is 10.3. The lowest BCUT2D eigenvalue weighted by molar-refractivity contribution is -0.147. The molecule has 0 amide bonds. The van der Waals surface area contributed by atoms with Crippen molar-refractivity contribution in [3.8, 4) is 0 Å². The topological polar surface area (TPSA) is 61.8 Å². The standard InChI is InChI=1S/C16H33O5P/c1-5-8-11-19-16(17)15(4)14-22(18,20-12-9-6-2)21-13-10-7-3/h15H,5-14H2,1-4H3/t15-/m1/s1. The van der Waals surface area contributed by atoms with Gasteiger partial charge in [0.15, 0.2) is 0 Å². The number of hydrogen-bond acceptors (Lipinski definition) is 5. The zero-order valence-electron chi connectivity index (χ0n) is 14.6. The van der Waals surface area contributed by atoms with E-state index in [1.54, 1.807) is 6.92 Å². The molecule has 0 aromatic rings. The fourth-order valence-corrected chi connectivity index (χ4v) is 3.63. The second kappa shape index (κ2) is 13.1. The number of hydrogen-bond donors (Lipinski definition) is 0. The van der Waals surface area contributed by atoms with E-state index in [9.17, 15) is 9.36 Å². The van der Waals surface area contributed by atoms with Crippen LogP contribution in [-0.4, -0.2) is 32.0 Å². The molecule has 1 atom stereocenters. The Labute approximate surface area is 135 Å². The minimum absolute atomic E-state index is 0.0887. The maximum atomic E-state index is 12.8. The highest BCUT2D eigenvalue weighted by Gasteiger charge is 2.31. The molecule has 0 aromatic carbocycles. The number of esters is 1. The van der Waals surface area contributed by atoms with E-state index in [-0.39, 0.29) is 12.1 Å². The van der Waals surface area contributed by atoms with Crippen molar-refractivity contribution in [3.63, 3.8) is 0 Å². The van der Waals surface area contributed by atoms with Gasteiger partial charge in [-0.25, -0.2) is 0 Å². The van der Waals surface area contributed by atoms with Crippen molar-refractivity contribution in [3.05, 3.63) is 0 Å². The van der Waals surface area contributed by atoms with E-state index >= 15 is 0 Å². The quantitative estimate of drug-likeness (QED) is 0.259. The van der Waals surface area contributed by atoms with Crippen molar-refractivity contribution >= 4 is 13.6 Å². The van der Waals surface area contributed by atoms with Crippen molar-refractivity contribution in [2.75, 3.05) is 26.0 Å². The summed E-state index contributed by atoms with van der Waals surface area (Å²) in [6.07, 6.45) is 5.49. The lowest BCUT2D eigenvalue weighted by Gasteiger charge is -2.21. The Morgan fingerprint density at radius 2 is 1.36 bits per heavy atom. The summed E-state index contributed by atoms with van der Waals surface area (Å²) in [5.41, 5.74) is 0. The number of carbonyl (C=O) groups excluding carboxylic acids is 1. The second-order valence-electron chi connectivity index (χ2n) is 5.59. The Morgan fingerprint density at radius 1 is 0.909 bits per heavy atom. The van der Waals surface area contributed by atoms with E-state index in [0.717, 1.165) is 38.5 Å². The first-order chi connectivity index (χ1) is 10.5. The summed E-state index contributed by atoms with van der Waals surface area (Å²) >= 11 is 0. The molecule has 0 aliphatic rings. The number of unbranched alkanes of at least 4 members (excludes halogenated alkanes) is 3. The number of carbonyl (C=O) groups is 1. The number of ether oxygens (including phenoxy) is 1. The zero-order chi connectivity index (χ0) is 16.8. The molecule has 0 aromatic heterocycles. The van der Waals surface area contributed by atoms with Crippen LogP contribution in [0.25, 0.3) is 0 Å². The van der Waals surface area contributed by atoms with Crippen LogP contribution in [0.3, 0.4) is 0 Å². The minimum Gasteiger partial charge on any atom is -0.465 e. The maximum absolute atomic E-state index is 12.8. The Hall–Kier alpha value is -0.380. The minimum atomic E-state index is -3.23. The van der Waals surface area contributed by atoms with Crippen LogP contribution in [0.5, 0.6) is 0 Å². The molecule has 0 aliphatic carbocycles. The molecule has 132 valence electrons. The van der Waals surface area contributed by atoms with Gasteiger partial charge in [-0.05, 0) is 19.3 Å². The molecule has 0 aliphatic heterocycles. The van der Waals surface area contributed by atoms with Crippen molar-refractivity contribution in [1.29, 1.82) is 0 Å². The van der Waals surface area contributed by atoms with Gasteiger partial charge in [0.05, 0.1) is 31.9 Å². The van der Waals surface area contributed by atoms with E-state index in [4.69, 9.17) is 13.8 Å². The van der Waals surface area contributed by atoms with Gasteiger partial charge >= 0.3 is 13.6 Å². The van der Waals surface area contributed by atoms with E-state index in [1.807, 2.05) is 20.8 Å². The smallest absolute Gasteiger partial charge is 0.331 e. The van der Waals surface area contributed by atoms with E-state index in [1.165, 1.54) is 0 Å². The molecule has 0 bridgehead atoms. The summed E-state index contributed by atoms with van der Waals surface area (Å²) in [7, 11) is -3.23. The monoisotopic (exact) mass is 336 g/mol. The summed E-state index contributed by atoms with van der Waals surface area (Å²) in [5, 5.41) is 0. The molecule has 0 saturated heterocycles. The van der Waals surface area contributed by atoms with Crippen LogP contribution < -0.4 is 0 Å². The van der Waals surface area contributed by atoms with Crippen molar-refractivity contribution in [2.24, 2.45) is 5.92 Å². The van der Waals surface area contributed by atoms with Crippen LogP contribution in [-0.2, 0) is 23.1 Å². The summed E-state index contributed by atoms with van der Waals surface area (Å²) in [5.74, 6) is -0.808. The number of rotatable bonds is 14. The van der Waals surface area contributed by atoms with Crippen LogP contribution >= 0.6 is 7.60 Å². The van der Waals surface area contributed by atoms with E-state index in [0.29, 0.717) is 19.8 Å². The third kappa shape index (κ3) is 10.4. The van der Waals surface area contributed by atoms with Gasteiger partial charge in [-0.1, -0.05) is 47.0 Å². The molecule has 22 heavy (non-hydrogen) atoms. The molecule has 0 fully saturated rings. The van der Waals surface area contributed by atoms with Gasteiger partial charge in [-0.2, -0.15) is 0 Å². The van der Waals surface area contributed by atoms with E-state index < -0.39 is 13.5 Å². The summed E-state index contributed by atoms with van der Waals surface area (Å²) < 4.78 is 28.9. The van der Waals surface area contributed by atoms with Gasteiger partial charge in [-0.3, -0.25) is 9.36 Å². The molecular formula is C16H33O5P. The summed E-state index contributed by atoms with van der Waals surface area (Å²) in [4.78, 5) is 11.9. The SMILES string of the molecule is CCCCOC(=O)[C@H](C)CP(=O)(OCCCC)OCCCC. The van der Waals surface area contributed by atoms with Crippen LogP contribution in [0.4, 0.5) is 0 Å². The van der Waals surface area contributed by atoms with Gasteiger partial charge < -0.3 is 13.8 Å². The second-order valence-corrected chi connectivity index (χ2v) is 7.69. The van der Waals surface area contributed by atoms with Gasteiger partial charge in [0.1, 0.15) is 0 Å². The fraction of sp³-hybridized carbons (Fsp3) is 0.938. The van der Waals surface area contributed by atoms with Crippen molar-refractivity contribution < 1.29 is 23.1 Å². The third-order valence-electron chi connectivity index (χ3n) is 3.21. The molecule has 0 saturated carbocycles. The van der Waals surface area contributed by atoms with Crippen LogP contribution in [0.2, 0.25) is 0 Å². The highest BCUT2D eigenvalue weighted by atomic mass is 31.2. The Bertz CT molecular complexity index is 318. The van der Waals surface area contributed by atoms with Crippen molar-refractivity contribution in [1.82, 2.24) is 0 Å². The van der Waals surface area contributed by atoms with Crippen molar-refractivity contribution in [2.45, 2.75) is 66.2 Å². The average Bonchev–Trinajstić information content (AvgIpc) is 2.48. The fourth-order valence-electron chi connectivity index (χ4n) is 1.71. The largest absolute Gasteiger partial charge is 0.465 e. The Kier molecular flexibility index (Phi) is 12.9. The lowest BCUT2D eigenvalue weighted by atomic mass is 10.2. The molecule has 6 heteroatoms. The summed E-state index contributed by atoms with van der Waals surface area (Å²) in [6, 6.07) is 0. The molecule has 0 N–H and O–H groups in total. The van der Waals surface area contributed by atoms with Crippen LogP contribution in [0, 0.1) is 5.92 Å². The predicted molar refractivity (Wildman–Crippen MR) is 89.2 cm³/mol. The normalized spacial score (nSPS) is 13.1. The molecule has 5 nitrogen and oxygen atoms in total. The molecule has 0 heterocycles. The molecule has 0 spiro atoms. The molecule has 0 radical (unpaired) electrons. The van der Waals surface area contributed by atoms with Gasteiger partial charge in [0, 0.05) is 0 Å². The Balaban J connectivity index is 4.45. The predicted octanol–water partition coefficient (Wildman–Crippen LogP) is 4.79. The maximum Gasteiger partial charge on any atom is 0.331 e. The molecular weight excluding hydrogens is 303 g/mol. The average molecular weight is 336 g/mol. The van der Waals surface area contributed by atoms with Crippen LogP contribution in [0.15, 0.2) is 0 Å². The van der Waals surface area contributed by atoms with Gasteiger partial charge in [0.25, 0.3) is 0 Å². The first kappa shape index (κ1) is 21.6. The summed E-state index contributed by atoms with van der Waals surface area (Å²) in [6.45, 7) is 9.05. The van der Waals surface area contributed by atoms with E-state index in [2.05, 4.69) is 0 Å². The van der Waals surface area contributed by atoms with Gasteiger partial charge in [0.2, 0.25) is 0 Å². The first-order valence-electron chi connectivity index (χ1n) is 8.53. The molecule has 0 unspecified atom stereocenters. The highest BCUT2D eigenvalue weighted by molar-refractivity contribution is 7.53. The van der Waals surface area contributed by atoms with Crippen LogP contribution in [0.1, 0.15) is 66.2 Å². The Morgan fingerprint density at radius 3 is 1.82 bits per heavy atom. The highest BCUT2D eigenvalue weighted by Crippen LogP contribution is 2.50.